The van der Waals surface area contributed by atoms with E-state index < -0.39 is 0 Å². The smallest absolute Gasteiger partial charge is 0.290 e. The van der Waals surface area contributed by atoms with Crippen molar-refractivity contribution in [1.29, 1.82) is 5.41 Å². The van der Waals surface area contributed by atoms with E-state index in [4.69, 9.17) is 15.3 Å². The van der Waals surface area contributed by atoms with Crippen LogP contribution >= 0.6 is 0 Å². The van der Waals surface area contributed by atoms with Gasteiger partial charge < -0.3 is 15.4 Å². The lowest BCUT2D eigenvalue weighted by molar-refractivity contribution is -0.122. The first-order chi connectivity index (χ1) is 20.9. The predicted octanol–water partition coefficient (Wildman–Crippen LogP) is 10.2. The standard InChI is InChI=1S/C25H34FN3.C7H8.2C2H6.CH2O2/c1-4-15-29(23-13-12-21(17-22(23)26)20-10-11-20)16-7-9-19(5-2)24(27)25-18(3)8-6-14-28-25;1-7-5-3-2-4-6-7;2*1-2;2-1-3/h6,8,12-14,17,19-20,27H,4-5,7,9-11,15-16H2,1-3H3;2-6H,1H3;2*1-2H3;1H,(H,2,3). The predicted molar refractivity (Wildman–Crippen MR) is 182 cm³/mol. The van der Waals surface area contributed by atoms with Crippen molar-refractivity contribution in [2.75, 3.05) is 18.0 Å². The average molecular weight is 594 g/mol. The molecule has 43 heavy (non-hydrogen) atoms. The molecule has 0 saturated heterocycles. The van der Waals surface area contributed by atoms with Crippen molar-refractivity contribution in [3.63, 3.8) is 0 Å². The highest BCUT2D eigenvalue weighted by Crippen LogP contribution is 2.41. The Morgan fingerprint density at radius 1 is 1.02 bits per heavy atom. The Balaban J connectivity index is 0.00000105. The van der Waals surface area contributed by atoms with E-state index in [0.29, 0.717) is 11.6 Å². The van der Waals surface area contributed by atoms with E-state index in [2.05, 4.69) is 48.9 Å². The molecule has 4 rings (SSSR count). The van der Waals surface area contributed by atoms with Crippen molar-refractivity contribution in [3.8, 4) is 0 Å². The molecule has 2 aromatic carbocycles. The summed E-state index contributed by atoms with van der Waals surface area (Å²) in [6, 6.07) is 20.0. The molecule has 1 saturated carbocycles. The normalized spacial score (nSPS) is 11.8. The number of rotatable bonds is 11. The van der Waals surface area contributed by atoms with Gasteiger partial charge in [0.15, 0.2) is 0 Å². The van der Waals surface area contributed by atoms with Crippen LogP contribution in [-0.4, -0.2) is 35.4 Å². The van der Waals surface area contributed by atoms with Crippen molar-refractivity contribution in [2.45, 2.75) is 99.8 Å². The van der Waals surface area contributed by atoms with E-state index in [1.807, 2.05) is 71.0 Å². The Labute approximate surface area is 261 Å². The first kappa shape index (κ1) is 39.5. The molecule has 0 spiro atoms. The highest BCUT2D eigenvalue weighted by Gasteiger charge is 2.25. The van der Waals surface area contributed by atoms with Crippen LogP contribution in [0.2, 0.25) is 0 Å². The number of hydrogen-bond donors (Lipinski definition) is 2. The first-order valence-electron chi connectivity index (χ1n) is 16.0. The maximum atomic E-state index is 14.8. The summed E-state index contributed by atoms with van der Waals surface area (Å²) < 4.78 is 14.8. The second-order valence-electron chi connectivity index (χ2n) is 10.1. The molecule has 238 valence electrons. The summed E-state index contributed by atoms with van der Waals surface area (Å²) in [6.07, 6.45) is 7.93. The Bertz CT molecular complexity index is 1150. The molecule has 1 atom stereocenters. The van der Waals surface area contributed by atoms with Crippen LogP contribution in [0, 0.1) is 31.0 Å². The van der Waals surface area contributed by atoms with Crippen LogP contribution in [0.25, 0.3) is 0 Å². The molecule has 1 fully saturated rings. The number of halogens is 1. The summed E-state index contributed by atoms with van der Waals surface area (Å²) in [5.41, 5.74) is 5.69. The van der Waals surface area contributed by atoms with Gasteiger partial charge >= 0.3 is 0 Å². The number of hydrogen-bond acceptors (Lipinski definition) is 4. The van der Waals surface area contributed by atoms with Gasteiger partial charge in [-0.3, -0.25) is 9.78 Å². The minimum Gasteiger partial charge on any atom is -0.483 e. The zero-order chi connectivity index (χ0) is 32.6. The number of carbonyl (C=O) groups is 1. The van der Waals surface area contributed by atoms with Crippen LogP contribution in [0.4, 0.5) is 10.1 Å². The summed E-state index contributed by atoms with van der Waals surface area (Å²) in [7, 11) is 0. The van der Waals surface area contributed by atoms with Gasteiger partial charge in [0.25, 0.3) is 6.47 Å². The Kier molecular flexibility index (Phi) is 22.0. The Morgan fingerprint density at radius 2 is 1.65 bits per heavy atom. The molecular formula is C37H56FN3O2. The van der Waals surface area contributed by atoms with Crippen molar-refractivity contribution in [3.05, 3.63) is 95.1 Å². The second-order valence-corrected chi connectivity index (χ2v) is 10.1. The molecule has 1 heterocycles. The SMILES string of the molecule is CC.CC.CCCN(CCCC(CC)C(=N)c1ncccc1C)c1ccc(C2CC2)cc1F.Cc1ccccc1.O=CO. The number of pyridine rings is 1. The fourth-order valence-electron chi connectivity index (χ4n) is 4.65. The van der Waals surface area contributed by atoms with Gasteiger partial charge in [-0.05, 0) is 87.6 Å². The highest BCUT2D eigenvalue weighted by molar-refractivity contribution is 5.99. The fourth-order valence-corrected chi connectivity index (χ4v) is 4.65. The van der Waals surface area contributed by atoms with E-state index in [9.17, 15) is 4.39 Å². The fraction of sp³-hybridized carbons (Fsp3) is 0.486. The van der Waals surface area contributed by atoms with Gasteiger partial charge in [0, 0.05) is 25.2 Å². The van der Waals surface area contributed by atoms with Gasteiger partial charge in [-0.1, -0.05) is 89.6 Å². The molecule has 0 amide bonds. The number of nitrogens with one attached hydrogen (secondary N) is 1. The van der Waals surface area contributed by atoms with Crippen molar-refractivity contribution < 1.29 is 14.3 Å². The molecule has 1 aromatic heterocycles. The number of aromatic nitrogens is 1. The van der Waals surface area contributed by atoms with E-state index in [0.717, 1.165) is 61.3 Å². The quantitative estimate of drug-likeness (QED) is 0.171. The van der Waals surface area contributed by atoms with Gasteiger partial charge in [0.2, 0.25) is 0 Å². The summed E-state index contributed by atoms with van der Waals surface area (Å²) in [6.45, 7) is 17.8. The minimum atomic E-state index is -0.250. The number of anilines is 1. The topological polar surface area (TPSA) is 77.3 Å². The zero-order valence-electron chi connectivity index (χ0n) is 27.9. The molecule has 0 bridgehead atoms. The second kappa shape index (κ2) is 24.0. The van der Waals surface area contributed by atoms with Crippen LogP contribution in [0.15, 0.2) is 66.9 Å². The van der Waals surface area contributed by atoms with Gasteiger partial charge in [0.05, 0.1) is 17.1 Å². The first-order valence-corrected chi connectivity index (χ1v) is 16.0. The summed E-state index contributed by atoms with van der Waals surface area (Å²) in [5.74, 6) is 0.672. The molecule has 5 nitrogen and oxygen atoms in total. The van der Waals surface area contributed by atoms with E-state index in [1.165, 1.54) is 18.4 Å². The third-order valence-electron chi connectivity index (χ3n) is 6.94. The number of benzene rings is 2. The monoisotopic (exact) mass is 593 g/mol. The van der Waals surface area contributed by atoms with Crippen molar-refractivity contribution in [2.24, 2.45) is 5.92 Å². The lowest BCUT2D eigenvalue weighted by Gasteiger charge is -2.26. The molecule has 1 aliphatic carbocycles. The van der Waals surface area contributed by atoms with E-state index >= 15 is 0 Å². The maximum absolute atomic E-state index is 14.8. The maximum Gasteiger partial charge on any atom is 0.290 e. The third-order valence-corrected chi connectivity index (χ3v) is 6.94. The summed E-state index contributed by atoms with van der Waals surface area (Å²) in [4.78, 5) is 15.0. The summed E-state index contributed by atoms with van der Waals surface area (Å²) >= 11 is 0. The molecular weight excluding hydrogens is 537 g/mol. The van der Waals surface area contributed by atoms with Crippen LogP contribution in [0.3, 0.4) is 0 Å². The number of carboxylic acid groups (broad SMARTS) is 1. The molecule has 1 unspecified atom stereocenters. The lowest BCUT2D eigenvalue weighted by atomic mass is 9.91. The number of aryl methyl sites for hydroxylation is 2. The number of nitrogens with zero attached hydrogens (tertiary/aromatic N) is 2. The largest absolute Gasteiger partial charge is 0.483 e. The highest BCUT2D eigenvalue weighted by atomic mass is 19.1. The molecule has 0 radical (unpaired) electrons. The molecule has 3 aromatic rings. The average Bonchev–Trinajstić information content (AvgIpc) is 3.88. The Morgan fingerprint density at radius 3 is 2.12 bits per heavy atom. The zero-order valence-corrected chi connectivity index (χ0v) is 27.9. The molecule has 6 heteroatoms. The van der Waals surface area contributed by atoms with E-state index in [-0.39, 0.29) is 18.2 Å². The van der Waals surface area contributed by atoms with Gasteiger partial charge in [-0.25, -0.2) is 4.39 Å². The molecule has 2 N–H and O–H groups in total. The van der Waals surface area contributed by atoms with E-state index in [1.54, 1.807) is 12.3 Å². The van der Waals surface area contributed by atoms with Crippen LogP contribution < -0.4 is 4.90 Å². The van der Waals surface area contributed by atoms with Crippen molar-refractivity contribution in [1.82, 2.24) is 4.98 Å². The van der Waals surface area contributed by atoms with Gasteiger partial charge in [-0.15, -0.1) is 0 Å². The third kappa shape index (κ3) is 15.0. The lowest BCUT2D eigenvalue weighted by Crippen LogP contribution is -2.27. The molecule has 1 aliphatic rings. The minimum absolute atomic E-state index is 0.0910. The van der Waals surface area contributed by atoms with Crippen molar-refractivity contribution >= 4 is 17.9 Å². The van der Waals surface area contributed by atoms with Gasteiger partial charge in [-0.2, -0.15) is 0 Å². The van der Waals surface area contributed by atoms with Crippen LogP contribution in [0.1, 0.15) is 108 Å². The molecule has 0 aliphatic heterocycles. The summed E-state index contributed by atoms with van der Waals surface area (Å²) in [5, 5.41) is 15.5. The van der Waals surface area contributed by atoms with Crippen LogP contribution in [0.5, 0.6) is 0 Å². The Hall–Kier alpha value is -3.54. The van der Waals surface area contributed by atoms with Crippen LogP contribution in [-0.2, 0) is 4.79 Å². The van der Waals surface area contributed by atoms with Gasteiger partial charge in [0.1, 0.15) is 5.82 Å².